The molecule has 0 unspecified atom stereocenters. The lowest BCUT2D eigenvalue weighted by atomic mass is 10.2. The molecule has 0 bridgehead atoms. The van der Waals surface area contributed by atoms with Gasteiger partial charge in [-0.1, -0.05) is 13.0 Å². The van der Waals surface area contributed by atoms with E-state index in [1.807, 2.05) is 24.8 Å². The first-order chi connectivity index (χ1) is 8.86. The molecule has 1 aromatic carbocycles. The van der Waals surface area contributed by atoms with E-state index in [2.05, 4.69) is 35.9 Å². The summed E-state index contributed by atoms with van der Waals surface area (Å²) in [5.41, 5.74) is 1.28. The highest BCUT2D eigenvalue weighted by Crippen LogP contribution is 2.26. The SMILES string of the molecule is CCOc1cccc2c1ccn2CCCSCC. The number of hydrogen-bond acceptors (Lipinski definition) is 2. The van der Waals surface area contributed by atoms with Crippen molar-refractivity contribution in [3.05, 3.63) is 30.5 Å². The number of nitrogens with zero attached hydrogens (tertiary/aromatic N) is 1. The Bertz CT molecular complexity index is 492. The second kappa shape index (κ2) is 6.74. The molecule has 2 rings (SSSR count). The third kappa shape index (κ3) is 3.02. The van der Waals surface area contributed by atoms with Gasteiger partial charge in [0.2, 0.25) is 0 Å². The molecule has 0 amide bonds. The Morgan fingerprint density at radius 2 is 2.11 bits per heavy atom. The maximum Gasteiger partial charge on any atom is 0.128 e. The molecular formula is C15H21NOS. The van der Waals surface area contributed by atoms with Crippen LogP contribution in [0.5, 0.6) is 5.75 Å². The minimum atomic E-state index is 0.720. The fourth-order valence-electron chi connectivity index (χ4n) is 2.15. The van der Waals surface area contributed by atoms with E-state index in [1.165, 1.54) is 28.8 Å². The zero-order valence-electron chi connectivity index (χ0n) is 11.2. The van der Waals surface area contributed by atoms with Crippen LogP contribution in [0.3, 0.4) is 0 Å². The van der Waals surface area contributed by atoms with Gasteiger partial charge in [0.25, 0.3) is 0 Å². The average Bonchev–Trinajstić information content (AvgIpc) is 2.80. The van der Waals surface area contributed by atoms with Crippen molar-refractivity contribution >= 4 is 22.7 Å². The lowest BCUT2D eigenvalue weighted by Crippen LogP contribution is -1.98. The van der Waals surface area contributed by atoms with Crippen molar-refractivity contribution in [2.75, 3.05) is 18.1 Å². The van der Waals surface area contributed by atoms with Crippen LogP contribution in [0, 0.1) is 0 Å². The summed E-state index contributed by atoms with van der Waals surface area (Å²) in [6.07, 6.45) is 3.39. The van der Waals surface area contributed by atoms with E-state index in [0.717, 1.165) is 18.9 Å². The van der Waals surface area contributed by atoms with Gasteiger partial charge in [0, 0.05) is 18.1 Å². The Kier molecular flexibility index (Phi) is 5.00. The average molecular weight is 263 g/mol. The van der Waals surface area contributed by atoms with Crippen molar-refractivity contribution in [1.82, 2.24) is 4.57 Å². The van der Waals surface area contributed by atoms with Gasteiger partial charge >= 0.3 is 0 Å². The van der Waals surface area contributed by atoms with Gasteiger partial charge in [-0.05, 0) is 43.0 Å². The summed E-state index contributed by atoms with van der Waals surface area (Å²) in [6, 6.07) is 8.45. The number of aromatic nitrogens is 1. The molecule has 2 aromatic rings. The Labute approximate surface area is 113 Å². The van der Waals surface area contributed by atoms with Gasteiger partial charge in [0.1, 0.15) is 5.75 Å². The maximum atomic E-state index is 5.66. The van der Waals surface area contributed by atoms with Crippen molar-refractivity contribution in [1.29, 1.82) is 0 Å². The highest BCUT2D eigenvalue weighted by Gasteiger charge is 2.05. The lowest BCUT2D eigenvalue weighted by molar-refractivity contribution is 0.344. The van der Waals surface area contributed by atoms with Crippen LogP contribution in [0.15, 0.2) is 30.5 Å². The molecule has 0 radical (unpaired) electrons. The molecule has 1 aromatic heterocycles. The lowest BCUT2D eigenvalue weighted by Gasteiger charge is -2.07. The molecule has 3 heteroatoms. The molecule has 0 saturated heterocycles. The van der Waals surface area contributed by atoms with Crippen LogP contribution in [0.4, 0.5) is 0 Å². The topological polar surface area (TPSA) is 14.2 Å². The molecular weight excluding hydrogens is 242 g/mol. The normalized spacial score (nSPS) is 11.0. The second-order valence-electron chi connectivity index (χ2n) is 4.18. The van der Waals surface area contributed by atoms with E-state index < -0.39 is 0 Å². The van der Waals surface area contributed by atoms with Crippen LogP contribution in [-0.4, -0.2) is 22.7 Å². The first kappa shape index (κ1) is 13.3. The molecule has 0 aliphatic heterocycles. The molecule has 0 aliphatic rings. The number of thioether (sulfide) groups is 1. The van der Waals surface area contributed by atoms with Crippen molar-refractivity contribution in [3.8, 4) is 5.75 Å². The van der Waals surface area contributed by atoms with Gasteiger partial charge in [0.05, 0.1) is 12.1 Å². The minimum Gasteiger partial charge on any atom is -0.493 e. The number of aryl methyl sites for hydroxylation is 1. The number of rotatable bonds is 7. The van der Waals surface area contributed by atoms with Gasteiger partial charge in [-0.2, -0.15) is 11.8 Å². The van der Waals surface area contributed by atoms with Crippen LogP contribution in [0.25, 0.3) is 10.9 Å². The zero-order chi connectivity index (χ0) is 12.8. The van der Waals surface area contributed by atoms with E-state index in [9.17, 15) is 0 Å². The standard InChI is InChI=1S/C15H21NOS/c1-3-17-15-8-5-7-14-13(15)9-11-16(14)10-6-12-18-4-2/h5,7-9,11H,3-4,6,10,12H2,1-2H3. The summed E-state index contributed by atoms with van der Waals surface area (Å²) in [5, 5.41) is 1.22. The van der Waals surface area contributed by atoms with Gasteiger partial charge in [-0.25, -0.2) is 0 Å². The molecule has 0 spiro atoms. The zero-order valence-corrected chi connectivity index (χ0v) is 12.0. The van der Waals surface area contributed by atoms with Crippen LogP contribution in [0.2, 0.25) is 0 Å². The van der Waals surface area contributed by atoms with Gasteiger partial charge < -0.3 is 9.30 Å². The highest BCUT2D eigenvalue weighted by atomic mass is 32.2. The number of hydrogen-bond donors (Lipinski definition) is 0. The van der Waals surface area contributed by atoms with Crippen LogP contribution in [-0.2, 0) is 6.54 Å². The third-order valence-corrected chi connectivity index (χ3v) is 3.95. The molecule has 98 valence electrons. The predicted molar refractivity (Wildman–Crippen MR) is 80.7 cm³/mol. The third-order valence-electron chi connectivity index (χ3n) is 2.97. The second-order valence-corrected chi connectivity index (χ2v) is 5.58. The fourth-order valence-corrected chi connectivity index (χ4v) is 2.77. The van der Waals surface area contributed by atoms with Gasteiger partial charge in [-0.3, -0.25) is 0 Å². The fraction of sp³-hybridized carbons (Fsp3) is 0.467. The summed E-state index contributed by atoms with van der Waals surface area (Å²) in [4.78, 5) is 0. The largest absolute Gasteiger partial charge is 0.493 e. The first-order valence-electron chi connectivity index (χ1n) is 6.65. The van der Waals surface area contributed by atoms with E-state index >= 15 is 0 Å². The maximum absolute atomic E-state index is 5.66. The Hall–Kier alpha value is -1.09. The monoisotopic (exact) mass is 263 g/mol. The summed E-state index contributed by atoms with van der Waals surface area (Å²) >= 11 is 2.01. The van der Waals surface area contributed by atoms with Crippen molar-refractivity contribution in [2.45, 2.75) is 26.8 Å². The highest BCUT2D eigenvalue weighted by molar-refractivity contribution is 7.99. The Balaban J connectivity index is 2.12. The summed E-state index contributed by atoms with van der Waals surface area (Å²) < 4.78 is 7.99. The number of fused-ring (bicyclic) bond motifs is 1. The van der Waals surface area contributed by atoms with Gasteiger partial charge in [0.15, 0.2) is 0 Å². The molecule has 2 nitrogen and oxygen atoms in total. The molecule has 0 saturated carbocycles. The quantitative estimate of drug-likeness (QED) is 0.696. The van der Waals surface area contributed by atoms with Crippen molar-refractivity contribution in [2.24, 2.45) is 0 Å². The minimum absolute atomic E-state index is 0.720. The number of ether oxygens (including phenoxy) is 1. The summed E-state index contributed by atoms with van der Waals surface area (Å²) in [5.74, 6) is 3.44. The van der Waals surface area contributed by atoms with Crippen LogP contribution in [0.1, 0.15) is 20.3 Å². The van der Waals surface area contributed by atoms with Gasteiger partial charge in [-0.15, -0.1) is 0 Å². The molecule has 18 heavy (non-hydrogen) atoms. The first-order valence-corrected chi connectivity index (χ1v) is 7.80. The molecule has 0 N–H and O–H groups in total. The Morgan fingerprint density at radius 1 is 1.22 bits per heavy atom. The summed E-state index contributed by atoms with van der Waals surface area (Å²) in [7, 11) is 0. The number of benzene rings is 1. The van der Waals surface area contributed by atoms with E-state index in [-0.39, 0.29) is 0 Å². The van der Waals surface area contributed by atoms with Crippen LogP contribution >= 0.6 is 11.8 Å². The van der Waals surface area contributed by atoms with Crippen molar-refractivity contribution in [3.63, 3.8) is 0 Å². The van der Waals surface area contributed by atoms with E-state index in [4.69, 9.17) is 4.74 Å². The molecule has 0 atom stereocenters. The van der Waals surface area contributed by atoms with E-state index in [0.29, 0.717) is 0 Å². The molecule has 1 heterocycles. The van der Waals surface area contributed by atoms with Crippen molar-refractivity contribution < 1.29 is 4.74 Å². The van der Waals surface area contributed by atoms with E-state index in [1.54, 1.807) is 0 Å². The summed E-state index contributed by atoms with van der Waals surface area (Å²) in [6.45, 7) is 6.05. The van der Waals surface area contributed by atoms with Crippen LogP contribution < -0.4 is 4.74 Å². The Morgan fingerprint density at radius 3 is 2.89 bits per heavy atom. The molecule has 0 fully saturated rings. The predicted octanol–water partition coefficient (Wildman–Crippen LogP) is 4.18. The smallest absolute Gasteiger partial charge is 0.128 e. The molecule has 0 aliphatic carbocycles.